The first-order chi connectivity index (χ1) is 13.6. The number of carboxylic acids is 1. The lowest BCUT2D eigenvalue weighted by Crippen LogP contribution is -2.16. The number of carbonyl (C=O) groups is 1. The van der Waals surface area contributed by atoms with Gasteiger partial charge in [0, 0.05) is 4.90 Å². The van der Waals surface area contributed by atoms with E-state index in [1.54, 1.807) is 11.8 Å². The zero-order chi connectivity index (χ0) is 19.8. The molecule has 3 nitrogen and oxygen atoms in total. The molecule has 0 aliphatic carbocycles. The molecule has 1 N–H and O–H groups in total. The Labute approximate surface area is 171 Å². The van der Waals surface area contributed by atoms with Crippen molar-refractivity contribution in [3.05, 3.63) is 78.4 Å². The van der Waals surface area contributed by atoms with Gasteiger partial charge in [0.2, 0.25) is 0 Å². The third kappa shape index (κ3) is 5.92. The Bertz CT molecular complexity index is 937. The van der Waals surface area contributed by atoms with Crippen LogP contribution in [-0.4, -0.2) is 22.7 Å². The van der Waals surface area contributed by atoms with Crippen molar-refractivity contribution in [3.8, 4) is 0 Å². The van der Waals surface area contributed by atoms with Crippen LogP contribution >= 0.6 is 19.6 Å². The number of aliphatic carboxylic acids is 1. The number of carboxylic acid groups (broad SMARTS) is 1. The van der Waals surface area contributed by atoms with Gasteiger partial charge in [-0.3, -0.25) is 4.79 Å². The second-order valence-corrected chi connectivity index (χ2v) is 9.92. The van der Waals surface area contributed by atoms with Crippen molar-refractivity contribution < 1.29 is 14.5 Å². The van der Waals surface area contributed by atoms with E-state index in [0.717, 1.165) is 28.5 Å². The maximum atomic E-state index is 12.6. The summed E-state index contributed by atoms with van der Waals surface area (Å²) < 4.78 is 12.6. The molecule has 0 amide bonds. The van der Waals surface area contributed by atoms with Crippen LogP contribution in [0, 0.1) is 5.92 Å². The van der Waals surface area contributed by atoms with Crippen LogP contribution in [0.3, 0.4) is 0 Å². The summed E-state index contributed by atoms with van der Waals surface area (Å²) in [5.74, 6) is -1.38. The van der Waals surface area contributed by atoms with Gasteiger partial charge in [0.1, 0.15) is 5.92 Å². The fourth-order valence-electron chi connectivity index (χ4n) is 3.25. The summed E-state index contributed by atoms with van der Waals surface area (Å²) in [5.41, 5.74) is 1.66. The molecule has 0 aliphatic heterocycles. The highest BCUT2D eigenvalue weighted by atomic mass is 32.2. The largest absolute Gasteiger partial charge is 0.481 e. The van der Waals surface area contributed by atoms with E-state index in [1.807, 2.05) is 42.5 Å². The second-order valence-electron chi connectivity index (χ2n) is 6.83. The minimum Gasteiger partial charge on any atom is -0.481 e. The van der Waals surface area contributed by atoms with E-state index < -0.39 is 19.7 Å². The molecule has 0 saturated heterocycles. The Hall–Kier alpha value is -2.16. The van der Waals surface area contributed by atoms with Crippen molar-refractivity contribution in [2.24, 2.45) is 5.92 Å². The molecule has 0 heterocycles. The number of hydrogen-bond donors (Lipinski definition) is 1. The average Bonchev–Trinajstić information content (AvgIpc) is 2.72. The minimum absolute atomic E-state index is 0.247. The van der Waals surface area contributed by atoms with Crippen molar-refractivity contribution in [2.45, 2.75) is 24.2 Å². The molecular formula is C23H24O3PS+. The molecule has 144 valence electrons. The van der Waals surface area contributed by atoms with Gasteiger partial charge in [0.25, 0.3) is 0 Å². The zero-order valence-electron chi connectivity index (χ0n) is 15.7. The molecule has 0 fully saturated rings. The SMILES string of the molecule is O=C(O)C(CCCc1ccccc1)C[P+](=O)CSc1cccc2ccccc12. The van der Waals surface area contributed by atoms with E-state index in [9.17, 15) is 14.5 Å². The lowest BCUT2D eigenvalue weighted by molar-refractivity contribution is -0.141. The maximum absolute atomic E-state index is 12.6. The summed E-state index contributed by atoms with van der Waals surface area (Å²) >= 11 is 1.56. The summed E-state index contributed by atoms with van der Waals surface area (Å²) in [6, 6.07) is 24.3. The van der Waals surface area contributed by atoms with Gasteiger partial charge in [0.05, 0.1) is 0 Å². The molecule has 2 unspecified atom stereocenters. The predicted molar refractivity (Wildman–Crippen MR) is 118 cm³/mol. The fourth-order valence-corrected chi connectivity index (χ4v) is 6.15. The molecular weight excluding hydrogens is 387 g/mol. The average molecular weight is 411 g/mol. The van der Waals surface area contributed by atoms with Crippen LogP contribution in [0.15, 0.2) is 77.7 Å². The smallest absolute Gasteiger partial charge is 0.350 e. The lowest BCUT2D eigenvalue weighted by atomic mass is 10.0. The van der Waals surface area contributed by atoms with Crippen LogP contribution in [-0.2, 0) is 15.8 Å². The van der Waals surface area contributed by atoms with Gasteiger partial charge in [-0.25, -0.2) is 0 Å². The first-order valence-electron chi connectivity index (χ1n) is 9.43. The number of benzene rings is 3. The maximum Gasteiger partial charge on any atom is 0.350 e. The first kappa shape index (κ1) is 20.6. The zero-order valence-corrected chi connectivity index (χ0v) is 17.4. The van der Waals surface area contributed by atoms with E-state index in [2.05, 4.69) is 30.3 Å². The number of aryl methyl sites for hydroxylation is 1. The molecule has 28 heavy (non-hydrogen) atoms. The summed E-state index contributed by atoms with van der Waals surface area (Å²) in [7, 11) is -1.57. The molecule has 0 aromatic heterocycles. The molecule has 0 radical (unpaired) electrons. The Kier molecular flexibility index (Phi) is 7.64. The van der Waals surface area contributed by atoms with Gasteiger partial charge in [-0.15, -0.1) is 0 Å². The standard InChI is InChI=1S/C23H23O3PS/c24-23(25)20(13-6-10-18-8-2-1-3-9-18)16-27(26)17-28-22-15-7-12-19-11-4-5-14-21(19)22/h1-5,7-9,11-12,14-15,20H,6,10,13,16-17H2/p+1. The topological polar surface area (TPSA) is 54.4 Å². The van der Waals surface area contributed by atoms with Gasteiger partial charge in [-0.1, -0.05) is 83.1 Å². The quantitative estimate of drug-likeness (QED) is 0.308. The van der Waals surface area contributed by atoms with Crippen LogP contribution < -0.4 is 0 Å². The predicted octanol–water partition coefficient (Wildman–Crippen LogP) is 6.44. The Morgan fingerprint density at radius 1 is 0.964 bits per heavy atom. The van der Waals surface area contributed by atoms with Crippen LogP contribution in [0.25, 0.3) is 10.8 Å². The van der Waals surface area contributed by atoms with E-state index in [1.165, 1.54) is 5.56 Å². The number of fused-ring (bicyclic) bond motifs is 1. The third-order valence-corrected chi connectivity index (χ3v) is 7.93. The van der Waals surface area contributed by atoms with Crippen molar-refractivity contribution in [1.29, 1.82) is 0 Å². The van der Waals surface area contributed by atoms with Gasteiger partial charge >= 0.3 is 13.8 Å². The van der Waals surface area contributed by atoms with E-state index >= 15 is 0 Å². The van der Waals surface area contributed by atoms with E-state index in [4.69, 9.17) is 0 Å². The monoisotopic (exact) mass is 411 g/mol. The van der Waals surface area contributed by atoms with Crippen molar-refractivity contribution >= 4 is 36.3 Å². The summed E-state index contributed by atoms with van der Waals surface area (Å²) in [6.45, 7) is 0. The van der Waals surface area contributed by atoms with E-state index in [-0.39, 0.29) is 6.16 Å². The molecule has 2 atom stereocenters. The van der Waals surface area contributed by atoms with Crippen LogP contribution in [0.5, 0.6) is 0 Å². The summed E-state index contributed by atoms with van der Waals surface area (Å²) in [4.78, 5) is 12.7. The Balaban J connectivity index is 1.51. The normalized spacial score (nSPS) is 12.6. The molecule has 0 bridgehead atoms. The molecule has 3 aromatic rings. The van der Waals surface area contributed by atoms with Crippen molar-refractivity contribution in [1.82, 2.24) is 0 Å². The van der Waals surface area contributed by atoms with E-state index in [0.29, 0.717) is 11.9 Å². The second kappa shape index (κ2) is 10.4. The molecule has 0 spiro atoms. The highest BCUT2D eigenvalue weighted by molar-refractivity contribution is 8.04. The highest BCUT2D eigenvalue weighted by Gasteiger charge is 2.28. The Morgan fingerprint density at radius 2 is 1.68 bits per heavy atom. The van der Waals surface area contributed by atoms with Crippen molar-refractivity contribution in [3.63, 3.8) is 0 Å². The first-order valence-corrected chi connectivity index (χ1v) is 12.0. The Morgan fingerprint density at radius 3 is 2.46 bits per heavy atom. The lowest BCUT2D eigenvalue weighted by Gasteiger charge is -2.07. The minimum atomic E-state index is -1.57. The number of rotatable bonds is 10. The highest BCUT2D eigenvalue weighted by Crippen LogP contribution is 2.37. The molecule has 5 heteroatoms. The van der Waals surface area contributed by atoms with Gasteiger partial charge in [-0.2, -0.15) is 0 Å². The third-order valence-electron chi connectivity index (χ3n) is 4.75. The van der Waals surface area contributed by atoms with Gasteiger partial charge in [0.15, 0.2) is 11.7 Å². The molecule has 3 rings (SSSR count). The molecule has 3 aromatic carbocycles. The summed E-state index contributed by atoms with van der Waals surface area (Å²) in [5, 5.41) is 11.8. The fraction of sp³-hybridized carbons (Fsp3) is 0.261. The number of hydrogen-bond acceptors (Lipinski definition) is 3. The van der Waals surface area contributed by atoms with Crippen LogP contribution in [0.1, 0.15) is 18.4 Å². The van der Waals surface area contributed by atoms with Crippen LogP contribution in [0.4, 0.5) is 0 Å². The molecule has 0 aliphatic rings. The van der Waals surface area contributed by atoms with Crippen molar-refractivity contribution in [2.75, 3.05) is 11.7 Å². The number of thioether (sulfide) groups is 1. The van der Waals surface area contributed by atoms with Crippen LogP contribution in [0.2, 0.25) is 0 Å². The van der Waals surface area contributed by atoms with Gasteiger partial charge in [-0.05, 0) is 41.7 Å². The molecule has 0 saturated carbocycles. The van der Waals surface area contributed by atoms with Gasteiger partial charge < -0.3 is 5.11 Å². The summed E-state index contributed by atoms with van der Waals surface area (Å²) in [6.07, 6.45) is 2.45.